The Labute approximate surface area is 204 Å². The number of rotatable bonds is 13. The predicted octanol–water partition coefficient (Wildman–Crippen LogP) is 5.06. The van der Waals surface area contributed by atoms with Crippen molar-refractivity contribution < 1.29 is 19.1 Å². The van der Waals surface area contributed by atoms with Crippen molar-refractivity contribution >= 4 is 11.8 Å². The molecule has 2 aromatic carbocycles. The minimum absolute atomic E-state index is 0.0538. The summed E-state index contributed by atoms with van der Waals surface area (Å²) < 4.78 is 11.4. The summed E-state index contributed by atoms with van der Waals surface area (Å²) >= 11 is 0. The van der Waals surface area contributed by atoms with Gasteiger partial charge in [0.2, 0.25) is 11.8 Å². The van der Waals surface area contributed by atoms with Gasteiger partial charge >= 0.3 is 0 Å². The third kappa shape index (κ3) is 7.79. The van der Waals surface area contributed by atoms with E-state index < -0.39 is 6.04 Å². The summed E-state index contributed by atoms with van der Waals surface area (Å²) in [6.07, 6.45) is 1.69. The molecule has 0 aliphatic rings. The van der Waals surface area contributed by atoms with Crippen LogP contribution in [0.15, 0.2) is 42.5 Å². The van der Waals surface area contributed by atoms with E-state index >= 15 is 0 Å². The van der Waals surface area contributed by atoms with Gasteiger partial charge in [0.05, 0.1) is 13.2 Å². The number of aryl methyl sites for hydroxylation is 2. The molecule has 0 unspecified atom stereocenters. The zero-order valence-corrected chi connectivity index (χ0v) is 21.5. The molecule has 0 fully saturated rings. The number of amides is 2. The second-order valence-corrected chi connectivity index (χ2v) is 8.59. The maximum absolute atomic E-state index is 13.4. The molecule has 0 spiro atoms. The van der Waals surface area contributed by atoms with Gasteiger partial charge in [0.25, 0.3) is 0 Å². The minimum atomic E-state index is -0.569. The Hall–Kier alpha value is -3.02. The van der Waals surface area contributed by atoms with E-state index in [0.29, 0.717) is 44.1 Å². The van der Waals surface area contributed by atoms with Crippen LogP contribution in [0.5, 0.6) is 11.5 Å². The van der Waals surface area contributed by atoms with Crippen LogP contribution in [0, 0.1) is 6.92 Å². The van der Waals surface area contributed by atoms with Crippen molar-refractivity contribution in [3.8, 4) is 11.5 Å². The molecule has 1 N–H and O–H groups in total. The number of hydrogen-bond donors (Lipinski definition) is 1. The molecule has 0 aromatic heterocycles. The lowest BCUT2D eigenvalue weighted by Gasteiger charge is -2.30. The highest BCUT2D eigenvalue weighted by molar-refractivity contribution is 5.87. The Bertz CT molecular complexity index is 944. The van der Waals surface area contributed by atoms with Gasteiger partial charge in [-0.05, 0) is 76.3 Å². The standard InChI is InChI=1S/C28H40N2O4/c1-7-21(5)29-28(32)22(6)30(19-24-13-11-10-12-20(24)4)27(31)17-15-23-14-16-25(33-8-2)26(18-23)34-9-3/h10-14,16,18,21-22H,7-9,15,17,19H2,1-6H3,(H,29,32)/t21-,22-/m0/s1. The third-order valence-corrected chi connectivity index (χ3v) is 6.01. The highest BCUT2D eigenvalue weighted by Crippen LogP contribution is 2.29. The van der Waals surface area contributed by atoms with Crippen LogP contribution in [0.4, 0.5) is 0 Å². The van der Waals surface area contributed by atoms with Crippen molar-refractivity contribution in [2.45, 2.75) is 79.4 Å². The molecule has 2 amide bonds. The first-order valence-electron chi connectivity index (χ1n) is 12.3. The van der Waals surface area contributed by atoms with Gasteiger partial charge in [-0.1, -0.05) is 37.3 Å². The lowest BCUT2D eigenvalue weighted by atomic mass is 10.0. The lowest BCUT2D eigenvalue weighted by Crippen LogP contribution is -2.49. The molecule has 0 heterocycles. The predicted molar refractivity (Wildman–Crippen MR) is 136 cm³/mol. The first kappa shape index (κ1) is 27.2. The van der Waals surface area contributed by atoms with Crippen LogP contribution in [0.2, 0.25) is 0 Å². The molecule has 34 heavy (non-hydrogen) atoms. The van der Waals surface area contributed by atoms with Gasteiger partial charge in [-0.3, -0.25) is 9.59 Å². The van der Waals surface area contributed by atoms with Gasteiger partial charge < -0.3 is 19.7 Å². The summed E-state index contributed by atoms with van der Waals surface area (Å²) in [7, 11) is 0. The molecule has 2 atom stereocenters. The van der Waals surface area contributed by atoms with E-state index in [0.717, 1.165) is 23.1 Å². The van der Waals surface area contributed by atoms with Crippen molar-refractivity contribution in [2.75, 3.05) is 13.2 Å². The number of ether oxygens (including phenoxy) is 2. The molecule has 0 aliphatic carbocycles. The van der Waals surface area contributed by atoms with Crippen LogP contribution in [0.25, 0.3) is 0 Å². The molecule has 0 saturated carbocycles. The monoisotopic (exact) mass is 468 g/mol. The van der Waals surface area contributed by atoms with E-state index in [9.17, 15) is 9.59 Å². The Morgan fingerprint density at radius 1 is 0.971 bits per heavy atom. The summed E-state index contributed by atoms with van der Waals surface area (Å²) in [6.45, 7) is 13.2. The SMILES string of the molecule is CCOc1ccc(CCC(=O)N(Cc2ccccc2C)[C@@H](C)C(=O)N[C@@H](C)CC)cc1OCC. The van der Waals surface area contributed by atoms with Crippen molar-refractivity contribution in [1.82, 2.24) is 10.2 Å². The molecule has 2 rings (SSSR count). The van der Waals surface area contributed by atoms with Crippen LogP contribution < -0.4 is 14.8 Å². The summed E-state index contributed by atoms with van der Waals surface area (Å²) in [4.78, 5) is 28.0. The smallest absolute Gasteiger partial charge is 0.242 e. The first-order valence-corrected chi connectivity index (χ1v) is 12.3. The number of nitrogens with zero attached hydrogens (tertiary/aromatic N) is 1. The van der Waals surface area contributed by atoms with Crippen molar-refractivity contribution in [3.63, 3.8) is 0 Å². The average Bonchev–Trinajstić information content (AvgIpc) is 2.83. The number of carbonyl (C=O) groups excluding carboxylic acids is 2. The third-order valence-electron chi connectivity index (χ3n) is 6.01. The molecular formula is C28H40N2O4. The van der Waals surface area contributed by atoms with Gasteiger partial charge in [0, 0.05) is 19.0 Å². The average molecular weight is 469 g/mol. The van der Waals surface area contributed by atoms with Crippen molar-refractivity contribution in [3.05, 3.63) is 59.2 Å². The molecule has 0 bridgehead atoms. The van der Waals surface area contributed by atoms with Crippen LogP contribution >= 0.6 is 0 Å². The summed E-state index contributed by atoms with van der Waals surface area (Å²) in [5.74, 6) is 1.21. The Balaban J connectivity index is 2.19. The Morgan fingerprint density at radius 2 is 1.65 bits per heavy atom. The van der Waals surface area contributed by atoms with Crippen LogP contribution in [0.3, 0.4) is 0 Å². The van der Waals surface area contributed by atoms with Crippen LogP contribution in [-0.4, -0.2) is 42.0 Å². The van der Waals surface area contributed by atoms with Gasteiger partial charge in [0.1, 0.15) is 6.04 Å². The first-order chi connectivity index (χ1) is 16.3. The van der Waals surface area contributed by atoms with E-state index in [-0.39, 0.29) is 17.9 Å². The van der Waals surface area contributed by atoms with E-state index in [1.165, 1.54) is 0 Å². The number of benzene rings is 2. The maximum Gasteiger partial charge on any atom is 0.242 e. The highest BCUT2D eigenvalue weighted by Gasteiger charge is 2.27. The normalized spacial score (nSPS) is 12.5. The highest BCUT2D eigenvalue weighted by atomic mass is 16.5. The van der Waals surface area contributed by atoms with E-state index in [1.807, 2.05) is 77.1 Å². The Kier molecular flexibility index (Phi) is 10.9. The molecule has 0 saturated heterocycles. The lowest BCUT2D eigenvalue weighted by molar-refractivity contribution is -0.140. The summed E-state index contributed by atoms with van der Waals surface area (Å²) in [5, 5.41) is 3.02. The number of hydrogen-bond acceptors (Lipinski definition) is 4. The minimum Gasteiger partial charge on any atom is -0.490 e. The molecule has 2 aromatic rings. The van der Waals surface area contributed by atoms with Crippen molar-refractivity contribution in [1.29, 1.82) is 0 Å². The molecule has 6 heteroatoms. The van der Waals surface area contributed by atoms with Gasteiger partial charge in [-0.2, -0.15) is 0 Å². The van der Waals surface area contributed by atoms with Crippen LogP contribution in [0.1, 0.15) is 64.2 Å². The Morgan fingerprint density at radius 3 is 2.29 bits per heavy atom. The fourth-order valence-electron chi connectivity index (χ4n) is 3.67. The zero-order chi connectivity index (χ0) is 25.1. The van der Waals surface area contributed by atoms with E-state index in [4.69, 9.17) is 9.47 Å². The summed E-state index contributed by atoms with van der Waals surface area (Å²) in [6, 6.07) is 13.3. The quantitative estimate of drug-likeness (QED) is 0.446. The van der Waals surface area contributed by atoms with Crippen LogP contribution in [-0.2, 0) is 22.6 Å². The van der Waals surface area contributed by atoms with E-state index in [2.05, 4.69) is 5.32 Å². The topological polar surface area (TPSA) is 67.9 Å². The number of nitrogens with one attached hydrogen (secondary N) is 1. The second-order valence-electron chi connectivity index (χ2n) is 8.59. The molecule has 0 aliphatic heterocycles. The molecule has 6 nitrogen and oxygen atoms in total. The second kappa shape index (κ2) is 13.6. The zero-order valence-electron chi connectivity index (χ0n) is 21.5. The fourth-order valence-corrected chi connectivity index (χ4v) is 3.67. The number of carbonyl (C=O) groups is 2. The van der Waals surface area contributed by atoms with E-state index in [1.54, 1.807) is 11.8 Å². The van der Waals surface area contributed by atoms with Gasteiger partial charge in [0.15, 0.2) is 11.5 Å². The molecule has 186 valence electrons. The maximum atomic E-state index is 13.4. The summed E-state index contributed by atoms with van der Waals surface area (Å²) in [5.41, 5.74) is 3.13. The molecular weight excluding hydrogens is 428 g/mol. The van der Waals surface area contributed by atoms with Gasteiger partial charge in [-0.15, -0.1) is 0 Å². The largest absolute Gasteiger partial charge is 0.490 e. The molecule has 0 radical (unpaired) electrons. The fraction of sp³-hybridized carbons (Fsp3) is 0.500. The van der Waals surface area contributed by atoms with Crippen molar-refractivity contribution in [2.24, 2.45) is 0 Å². The van der Waals surface area contributed by atoms with Gasteiger partial charge in [-0.25, -0.2) is 0 Å².